The second-order valence-corrected chi connectivity index (χ2v) is 7.91. The number of carbonyl (C=O) groups excluding carboxylic acids is 1. The lowest BCUT2D eigenvalue weighted by molar-refractivity contribution is -0.137. The Kier molecular flexibility index (Phi) is 5.88. The summed E-state index contributed by atoms with van der Waals surface area (Å²) in [7, 11) is 0. The van der Waals surface area contributed by atoms with Crippen LogP contribution in [0, 0.1) is 0 Å². The average Bonchev–Trinajstić information content (AvgIpc) is 3.22. The van der Waals surface area contributed by atoms with Crippen molar-refractivity contribution >= 4 is 17.5 Å². The Labute approximate surface area is 183 Å². The van der Waals surface area contributed by atoms with Gasteiger partial charge in [-0.2, -0.15) is 13.2 Å². The SMILES string of the molecule is O=C(Nc1cccc(C(F)(F)F)c1)Nc1ccc(-c2ccc(C3(O)CCCC3)cc2)cn1. The molecule has 1 heterocycles. The van der Waals surface area contributed by atoms with E-state index in [2.05, 4.69) is 15.6 Å². The summed E-state index contributed by atoms with van der Waals surface area (Å²) in [6.07, 6.45) is 0.710. The van der Waals surface area contributed by atoms with Crippen LogP contribution in [-0.4, -0.2) is 16.1 Å². The van der Waals surface area contributed by atoms with Gasteiger partial charge in [-0.15, -0.1) is 0 Å². The van der Waals surface area contributed by atoms with Crippen molar-refractivity contribution in [1.29, 1.82) is 0 Å². The van der Waals surface area contributed by atoms with Gasteiger partial charge in [0.1, 0.15) is 5.82 Å². The molecule has 4 rings (SSSR count). The van der Waals surface area contributed by atoms with Crippen molar-refractivity contribution in [1.82, 2.24) is 4.98 Å². The van der Waals surface area contributed by atoms with E-state index in [1.165, 1.54) is 12.1 Å². The molecule has 1 saturated carbocycles. The number of amides is 2. The quantitative estimate of drug-likeness (QED) is 0.453. The predicted octanol–water partition coefficient (Wildman–Crippen LogP) is 6.17. The highest BCUT2D eigenvalue weighted by atomic mass is 19.4. The number of hydrogen-bond acceptors (Lipinski definition) is 3. The molecular formula is C24H22F3N3O2. The van der Waals surface area contributed by atoms with Crippen LogP contribution in [0.1, 0.15) is 36.8 Å². The topological polar surface area (TPSA) is 74.2 Å². The van der Waals surface area contributed by atoms with Crippen molar-refractivity contribution in [2.45, 2.75) is 37.5 Å². The summed E-state index contributed by atoms with van der Waals surface area (Å²) >= 11 is 0. The summed E-state index contributed by atoms with van der Waals surface area (Å²) in [6, 6.07) is 14.8. The van der Waals surface area contributed by atoms with Crippen LogP contribution in [0.25, 0.3) is 11.1 Å². The molecule has 1 fully saturated rings. The van der Waals surface area contributed by atoms with Crippen molar-refractivity contribution < 1.29 is 23.1 Å². The summed E-state index contributed by atoms with van der Waals surface area (Å²) in [5.41, 5.74) is 1.11. The van der Waals surface area contributed by atoms with Gasteiger partial charge in [0.15, 0.2) is 0 Å². The van der Waals surface area contributed by atoms with Crippen LogP contribution in [0.15, 0.2) is 66.9 Å². The minimum absolute atomic E-state index is 0.0259. The second kappa shape index (κ2) is 8.63. The van der Waals surface area contributed by atoms with Crippen LogP contribution in [-0.2, 0) is 11.8 Å². The van der Waals surface area contributed by atoms with Crippen molar-refractivity contribution in [3.63, 3.8) is 0 Å². The fourth-order valence-corrected chi connectivity index (χ4v) is 3.91. The molecule has 0 unspecified atom stereocenters. The normalized spacial score (nSPS) is 15.4. The van der Waals surface area contributed by atoms with Crippen LogP contribution in [0.3, 0.4) is 0 Å². The number of nitrogens with zero attached hydrogens (tertiary/aromatic N) is 1. The molecule has 3 N–H and O–H groups in total. The van der Waals surface area contributed by atoms with E-state index in [1.54, 1.807) is 18.3 Å². The van der Waals surface area contributed by atoms with Crippen LogP contribution in [0.5, 0.6) is 0 Å². The minimum Gasteiger partial charge on any atom is -0.385 e. The molecule has 0 saturated heterocycles. The van der Waals surface area contributed by atoms with E-state index >= 15 is 0 Å². The van der Waals surface area contributed by atoms with Gasteiger partial charge >= 0.3 is 12.2 Å². The van der Waals surface area contributed by atoms with E-state index in [1.807, 2.05) is 24.3 Å². The minimum atomic E-state index is -4.49. The lowest BCUT2D eigenvalue weighted by Gasteiger charge is -2.22. The molecule has 0 spiro atoms. The van der Waals surface area contributed by atoms with Gasteiger partial charge in [-0.05, 0) is 54.3 Å². The first-order valence-electron chi connectivity index (χ1n) is 10.3. The number of aromatic nitrogens is 1. The number of nitrogens with one attached hydrogen (secondary N) is 2. The standard InChI is InChI=1S/C24H22F3N3O2/c25-24(26,27)19-4-3-5-20(14-19)29-22(31)30-21-11-8-17(15-28-21)16-6-9-18(10-7-16)23(32)12-1-2-13-23/h3-11,14-15,32H,1-2,12-13H2,(H2,28,29,30,31). The molecule has 0 radical (unpaired) electrons. The molecule has 0 bridgehead atoms. The zero-order valence-electron chi connectivity index (χ0n) is 17.1. The Balaban J connectivity index is 1.39. The molecule has 0 atom stereocenters. The van der Waals surface area contributed by atoms with Crippen LogP contribution >= 0.6 is 0 Å². The predicted molar refractivity (Wildman–Crippen MR) is 116 cm³/mol. The number of rotatable bonds is 4. The lowest BCUT2D eigenvalue weighted by Crippen LogP contribution is -2.20. The van der Waals surface area contributed by atoms with Crippen molar-refractivity contribution in [2.24, 2.45) is 0 Å². The second-order valence-electron chi connectivity index (χ2n) is 7.91. The zero-order chi connectivity index (χ0) is 22.8. The molecule has 2 amide bonds. The van der Waals surface area contributed by atoms with Crippen LogP contribution in [0.2, 0.25) is 0 Å². The first-order valence-corrected chi connectivity index (χ1v) is 10.3. The number of carbonyl (C=O) groups is 1. The van der Waals surface area contributed by atoms with E-state index < -0.39 is 23.4 Å². The Morgan fingerprint density at radius 3 is 2.25 bits per heavy atom. The highest BCUT2D eigenvalue weighted by Gasteiger charge is 2.32. The smallest absolute Gasteiger partial charge is 0.385 e. The number of urea groups is 1. The summed E-state index contributed by atoms with van der Waals surface area (Å²) in [5.74, 6) is 0.259. The van der Waals surface area contributed by atoms with Gasteiger partial charge < -0.3 is 10.4 Å². The molecule has 1 aliphatic rings. The lowest BCUT2D eigenvalue weighted by atomic mass is 9.91. The Morgan fingerprint density at radius 1 is 0.938 bits per heavy atom. The van der Waals surface area contributed by atoms with Crippen molar-refractivity contribution in [2.75, 3.05) is 10.6 Å². The molecule has 166 valence electrons. The first-order chi connectivity index (χ1) is 15.2. The van der Waals surface area contributed by atoms with Gasteiger partial charge in [0.2, 0.25) is 0 Å². The molecule has 1 aromatic heterocycles. The fourth-order valence-electron chi connectivity index (χ4n) is 3.91. The van der Waals surface area contributed by atoms with Crippen molar-refractivity contribution in [3.05, 3.63) is 78.0 Å². The van der Waals surface area contributed by atoms with Crippen molar-refractivity contribution in [3.8, 4) is 11.1 Å². The number of halogens is 3. The summed E-state index contributed by atoms with van der Waals surface area (Å²) in [5, 5.41) is 15.6. The number of benzene rings is 2. The average molecular weight is 441 g/mol. The highest BCUT2D eigenvalue weighted by Crippen LogP contribution is 2.39. The number of anilines is 2. The van der Waals surface area contributed by atoms with E-state index in [9.17, 15) is 23.1 Å². The number of alkyl halides is 3. The Bertz CT molecular complexity index is 1090. The maximum absolute atomic E-state index is 12.8. The molecular weight excluding hydrogens is 419 g/mol. The van der Waals surface area contributed by atoms with E-state index in [-0.39, 0.29) is 11.5 Å². The van der Waals surface area contributed by atoms with E-state index in [0.717, 1.165) is 54.5 Å². The Morgan fingerprint density at radius 2 is 1.62 bits per heavy atom. The van der Waals surface area contributed by atoms with Crippen LogP contribution < -0.4 is 10.6 Å². The summed E-state index contributed by atoms with van der Waals surface area (Å²) in [4.78, 5) is 16.3. The molecule has 2 aromatic carbocycles. The van der Waals surface area contributed by atoms with Gasteiger partial charge in [0, 0.05) is 17.4 Å². The monoisotopic (exact) mass is 441 g/mol. The zero-order valence-corrected chi connectivity index (χ0v) is 17.1. The van der Waals surface area contributed by atoms with E-state index in [4.69, 9.17) is 0 Å². The maximum Gasteiger partial charge on any atom is 0.416 e. The van der Waals surface area contributed by atoms with Crippen LogP contribution in [0.4, 0.5) is 29.5 Å². The summed E-state index contributed by atoms with van der Waals surface area (Å²) in [6.45, 7) is 0. The third-order valence-electron chi connectivity index (χ3n) is 5.64. The third-order valence-corrected chi connectivity index (χ3v) is 5.64. The Hall–Kier alpha value is -3.39. The van der Waals surface area contributed by atoms with Gasteiger partial charge in [-0.25, -0.2) is 9.78 Å². The summed E-state index contributed by atoms with van der Waals surface area (Å²) < 4.78 is 38.4. The molecule has 3 aromatic rings. The van der Waals surface area contributed by atoms with Gasteiger partial charge in [-0.3, -0.25) is 5.32 Å². The molecule has 32 heavy (non-hydrogen) atoms. The largest absolute Gasteiger partial charge is 0.416 e. The van der Waals surface area contributed by atoms with E-state index in [0.29, 0.717) is 0 Å². The molecule has 1 aliphatic carbocycles. The number of aliphatic hydroxyl groups is 1. The third kappa shape index (κ3) is 4.91. The van der Waals surface area contributed by atoms with Gasteiger partial charge in [-0.1, -0.05) is 43.2 Å². The highest BCUT2D eigenvalue weighted by molar-refractivity contribution is 5.99. The van der Waals surface area contributed by atoms with Gasteiger partial charge in [0.05, 0.1) is 11.2 Å². The fraction of sp³-hybridized carbons (Fsp3) is 0.250. The number of pyridine rings is 1. The molecule has 5 nitrogen and oxygen atoms in total. The molecule has 0 aliphatic heterocycles. The first kappa shape index (κ1) is 21.8. The molecule has 8 heteroatoms. The van der Waals surface area contributed by atoms with Gasteiger partial charge in [0.25, 0.3) is 0 Å². The maximum atomic E-state index is 12.8. The number of hydrogen-bond donors (Lipinski definition) is 3.